The molecule has 0 radical (unpaired) electrons. The normalized spacial score (nSPS) is 23.4. The van der Waals surface area contributed by atoms with Gasteiger partial charge in [-0.15, -0.1) is 0 Å². The quantitative estimate of drug-likeness (QED) is 0.680. The number of imide groups is 1. The minimum Gasteiger partial charge on any atom is -0.385 e. The number of carbonyl (C=O) groups is 2. The van der Waals surface area contributed by atoms with Crippen LogP contribution in [0.4, 0.5) is 9.18 Å². The second-order valence-corrected chi connectivity index (χ2v) is 7.37. The van der Waals surface area contributed by atoms with Crippen LogP contribution in [0.3, 0.4) is 0 Å². The number of nitrogens with zero attached hydrogens (tertiary/aromatic N) is 5. The number of likely N-dealkylation sites (N-methyl/N-ethyl adjacent to an activating group) is 1. The zero-order valence-corrected chi connectivity index (χ0v) is 16.7. The maximum absolute atomic E-state index is 14.1. The molecule has 1 aromatic carbocycles. The van der Waals surface area contributed by atoms with Gasteiger partial charge in [-0.1, -0.05) is 18.2 Å². The lowest BCUT2D eigenvalue weighted by molar-refractivity contribution is -0.137. The second-order valence-electron chi connectivity index (χ2n) is 7.37. The van der Waals surface area contributed by atoms with Crippen molar-refractivity contribution in [2.75, 3.05) is 27.3 Å². The summed E-state index contributed by atoms with van der Waals surface area (Å²) in [5, 5.41) is 0. The van der Waals surface area contributed by atoms with Crippen LogP contribution in [0.15, 0.2) is 41.2 Å². The van der Waals surface area contributed by atoms with Crippen LogP contribution in [0, 0.1) is 5.82 Å². The number of hydrogen-bond acceptors (Lipinski definition) is 6. The van der Waals surface area contributed by atoms with Crippen LogP contribution in [0.25, 0.3) is 0 Å². The fraction of sp³-hybridized carbons (Fsp3) is 0.450. The predicted molar refractivity (Wildman–Crippen MR) is 104 cm³/mol. The van der Waals surface area contributed by atoms with Crippen LogP contribution < -0.4 is 0 Å². The molecular weight excluding hydrogens is 377 g/mol. The van der Waals surface area contributed by atoms with Crippen LogP contribution in [0.2, 0.25) is 0 Å². The van der Waals surface area contributed by atoms with Crippen LogP contribution in [-0.4, -0.2) is 77.0 Å². The number of fused-ring (bicyclic) bond motifs is 3. The summed E-state index contributed by atoms with van der Waals surface area (Å²) in [5.41, 5.74) is 1.28. The zero-order valence-electron chi connectivity index (χ0n) is 16.7. The Kier molecular flexibility index (Phi) is 4.99. The van der Waals surface area contributed by atoms with Crippen LogP contribution in [0.5, 0.6) is 0 Å². The summed E-state index contributed by atoms with van der Waals surface area (Å²) in [6.07, 6.45) is 2.10. The van der Waals surface area contributed by atoms with Crippen molar-refractivity contribution in [3.63, 3.8) is 0 Å². The van der Waals surface area contributed by atoms with E-state index in [-0.39, 0.29) is 12.5 Å². The van der Waals surface area contributed by atoms with E-state index in [0.29, 0.717) is 24.7 Å². The largest absolute Gasteiger partial charge is 0.385 e. The van der Waals surface area contributed by atoms with E-state index in [0.717, 1.165) is 17.0 Å². The maximum atomic E-state index is 14.1. The van der Waals surface area contributed by atoms with Crippen molar-refractivity contribution in [3.05, 3.63) is 47.5 Å². The van der Waals surface area contributed by atoms with Gasteiger partial charge in [-0.2, -0.15) is 0 Å². The number of urea groups is 1. The molecule has 2 atom stereocenters. The Morgan fingerprint density at radius 2 is 1.97 bits per heavy atom. The summed E-state index contributed by atoms with van der Waals surface area (Å²) in [5.74, 6) is -0.153. The molecule has 4 rings (SSSR count). The molecule has 29 heavy (non-hydrogen) atoms. The molecule has 3 heterocycles. The van der Waals surface area contributed by atoms with Crippen molar-refractivity contribution in [1.82, 2.24) is 19.6 Å². The van der Waals surface area contributed by atoms with Gasteiger partial charge in [0.05, 0.1) is 6.54 Å². The minimum absolute atomic E-state index is 0.110. The van der Waals surface area contributed by atoms with Gasteiger partial charge in [0.1, 0.15) is 5.82 Å². The van der Waals surface area contributed by atoms with E-state index in [1.807, 2.05) is 22.9 Å². The molecule has 0 aromatic heterocycles. The first-order valence-electron chi connectivity index (χ1n) is 9.56. The zero-order chi connectivity index (χ0) is 20.7. The van der Waals surface area contributed by atoms with Gasteiger partial charge in [-0.05, 0) is 19.4 Å². The Morgan fingerprint density at radius 3 is 2.69 bits per heavy atom. The average molecular weight is 401 g/mol. The summed E-state index contributed by atoms with van der Waals surface area (Å²) in [7, 11) is 3.28. The highest BCUT2D eigenvalue weighted by atomic mass is 19.1. The molecule has 1 saturated heterocycles. The number of rotatable bonds is 6. The number of aliphatic imine (C=N–C) groups is 1. The number of ether oxygens (including phenoxy) is 1. The highest BCUT2D eigenvalue weighted by Gasteiger charge is 2.54. The maximum Gasteiger partial charge on any atom is 0.328 e. The molecule has 3 amide bonds. The van der Waals surface area contributed by atoms with E-state index in [1.54, 1.807) is 32.4 Å². The lowest BCUT2D eigenvalue weighted by Gasteiger charge is -2.40. The molecule has 2 unspecified atom stereocenters. The molecule has 0 N–H and O–H groups in total. The van der Waals surface area contributed by atoms with E-state index in [1.165, 1.54) is 11.0 Å². The number of carbonyl (C=O) groups excluding carboxylic acids is 2. The van der Waals surface area contributed by atoms with Gasteiger partial charge >= 0.3 is 6.03 Å². The Hall–Kier alpha value is -2.94. The van der Waals surface area contributed by atoms with Gasteiger partial charge in [-0.25, -0.2) is 14.2 Å². The molecule has 154 valence electrons. The van der Waals surface area contributed by atoms with E-state index >= 15 is 0 Å². The summed E-state index contributed by atoms with van der Waals surface area (Å²) < 4.78 is 19.2. The molecule has 0 saturated carbocycles. The predicted octanol–water partition coefficient (Wildman–Crippen LogP) is 1.80. The molecule has 0 aliphatic carbocycles. The van der Waals surface area contributed by atoms with E-state index in [2.05, 4.69) is 4.99 Å². The summed E-state index contributed by atoms with van der Waals surface area (Å²) in [6, 6.07) is 5.04. The number of methoxy groups -OCH3 is 1. The van der Waals surface area contributed by atoms with E-state index in [4.69, 9.17) is 4.74 Å². The molecule has 0 bridgehead atoms. The first kappa shape index (κ1) is 19.4. The summed E-state index contributed by atoms with van der Waals surface area (Å²) in [6.45, 7) is 3.18. The molecule has 8 nitrogen and oxygen atoms in total. The standard InChI is InChI=1S/C20H24FN5O3/c1-13-11-25-16-17(22-19(25)24(13)9-6-10-29-3)23(2)20(28)26(18(16)27)12-14-7-4-5-8-15(14)21/h4-5,7-8,11,16-17H,6,9-10,12H2,1-3H3. The Labute approximate surface area is 168 Å². The fourth-order valence-corrected chi connectivity index (χ4v) is 3.99. The van der Waals surface area contributed by atoms with Crippen LogP contribution in [-0.2, 0) is 16.1 Å². The second kappa shape index (κ2) is 7.47. The Balaban J connectivity index is 1.59. The Morgan fingerprint density at radius 1 is 1.21 bits per heavy atom. The molecule has 3 aliphatic rings. The summed E-state index contributed by atoms with van der Waals surface area (Å²) >= 11 is 0. The number of hydrogen-bond donors (Lipinski definition) is 0. The number of guanidine groups is 1. The number of amides is 3. The van der Waals surface area contributed by atoms with Gasteiger partial charge in [-0.3, -0.25) is 9.69 Å². The smallest absolute Gasteiger partial charge is 0.328 e. The van der Waals surface area contributed by atoms with Crippen molar-refractivity contribution in [1.29, 1.82) is 0 Å². The number of halogens is 1. The minimum atomic E-state index is -0.651. The van der Waals surface area contributed by atoms with Gasteiger partial charge in [0, 0.05) is 44.8 Å². The molecule has 1 aromatic rings. The van der Waals surface area contributed by atoms with Crippen LogP contribution >= 0.6 is 0 Å². The lowest BCUT2D eigenvalue weighted by Crippen LogP contribution is -2.63. The molecule has 3 aliphatic heterocycles. The molecule has 0 spiro atoms. The molecular formula is C20H24FN5O3. The first-order valence-corrected chi connectivity index (χ1v) is 9.56. The monoisotopic (exact) mass is 401 g/mol. The molecule has 1 fully saturated rings. The van der Waals surface area contributed by atoms with E-state index in [9.17, 15) is 14.0 Å². The van der Waals surface area contributed by atoms with Crippen LogP contribution in [0.1, 0.15) is 18.9 Å². The topological polar surface area (TPSA) is 68.7 Å². The van der Waals surface area contributed by atoms with Crippen molar-refractivity contribution in [3.8, 4) is 0 Å². The lowest BCUT2D eigenvalue weighted by atomic mass is 10.1. The number of benzene rings is 1. The van der Waals surface area contributed by atoms with Gasteiger partial charge < -0.3 is 19.4 Å². The fourth-order valence-electron chi connectivity index (χ4n) is 3.99. The first-order chi connectivity index (χ1) is 13.9. The Bertz CT molecular complexity index is 902. The van der Waals surface area contributed by atoms with Gasteiger partial charge in [0.25, 0.3) is 5.91 Å². The van der Waals surface area contributed by atoms with Crippen molar-refractivity contribution in [2.45, 2.75) is 32.1 Å². The molecule has 9 heteroatoms. The van der Waals surface area contributed by atoms with Crippen molar-refractivity contribution < 1.29 is 18.7 Å². The van der Waals surface area contributed by atoms with Gasteiger partial charge in [0.15, 0.2) is 12.2 Å². The third-order valence-electron chi connectivity index (χ3n) is 5.52. The van der Waals surface area contributed by atoms with Crippen molar-refractivity contribution in [2.24, 2.45) is 4.99 Å². The number of allylic oxidation sites excluding steroid dienone is 1. The highest BCUT2D eigenvalue weighted by molar-refractivity contribution is 6.04. The van der Waals surface area contributed by atoms with Gasteiger partial charge in [0.2, 0.25) is 5.96 Å². The average Bonchev–Trinajstić information content (AvgIpc) is 3.21. The SMILES string of the molecule is COCCCN1C(C)=CN2C1=NC1C2C(=O)N(Cc2ccccc2F)C(=O)N1C. The highest BCUT2D eigenvalue weighted by Crippen LogP contribution is 2.34. The van der Waals surface area contributed by atoms with E-state index < -0.39 is 24.1 Å². The van der Waals surface area contributed by atoms with Crippen molar-refractivity contribution >= 4 is 17.9 Å². The third-order valence-corrected chi connectivity index (χ3v) is 5.52. The summed E-state index contributed by atoms with van der Waals surface area (Å²) in [4.78, 5) is 37.2. The third kappa shape index (κ3) is 3.15.